The predicted molar refractivity (Wildman–Crippen MR) is 75.9 cm³/mol. The first kappa shape index (κ1) is 15.3. The minimum atomic E-state index is -0.717. The molecular formula is C16H24O4. The molecule has 4 nitrogen and oxygen atoms in total. The van der Waals surface area contributed by atoms with E-state index >= 15 is 0 Å². The van der Waals surface area contributed by atoms with Gasteiger partial charge in [-0.2, -0.15) is 0 Å². The van der Waals surface area contributed by atoms with Crippen molar-refractivity contribution in [1.82, 2.24) is 0 Å². The SMILES string of the molecule is C[C@@H]1CCC/C=C/[C@H]2C[C@H](O)C[C@@H]2[C@H](O)/C=C\C(=O)O1. The van der Waals surface area contributed by atoms with Gasteiger partial charge in [-0.05, 0) is 56.9 Å². The zero-order chi connectivity index (χ0) is 14.5. The number of carbonyl (C=O) groups is 1. The normalized spacial score (nSPS) is 42.5. The molecule has 112 valence electrons. The highest BCUT2D eigenvalue weighted by molar-refractivity contribution is 5.82. The van der Waals surface area contributed by atoms with Gasteiger partial charge in [0.25, 0.3) is 0 Å². The molecule has 1 fully saturated rings. The average Bonchev–Trinajstić information content (AvgIpc) is 2.76. The number of aliphatic hydroxyl groups excluding tert-OH is 2. The Bertz CT molecular complexity index is 388. The van der Waals surface area contributed by atoms with Gasteiger partial charge in [0.2, 0.25) is 0 Å². The molecule has 0 saturated heterocycles. The number of allylic oxidation sites excluding steroid dienone is 2. The van der Waals surface area contributed by atoms with E-state index in [0.29, 0.717) is 12.8 Å². The van der Waals surface area contributed by atoms with Crippen LogP contribution in [0.1, 0.15) is 39.0 Å². The van der Waals surface area contributed by atoms with Crippen molar-refractivity contribution in [2.45, 2.75) is 57.3 Å². The number of esters is 1. The molecule has 0 aromatic carbocycles. The lowest BCUT2D eigenvalue weighted by atomic mass is 9.90. The lowest BCUT2D eigenvalue weighted by Crippen LogP contribution is -2.21. The first-order chi connectivity index (χ1) is 9.56. The van der Waals surface area contributed by atoms with Crippen LogP contribution in [0.2, 0.25) is 0 Å². The average molecular weight is 280 g/mol. The number of carbonyl (C=O) groups excluding carboxylic acids is 1. The summed E-state index contributed by atoms with van der Waals surface area (Å²) in [5.74, 6) is -0.249. The number of rotatable bonds is 0. The third kappa shape index (κ3) is 4.18. The van der Waals surface area contributed by atoms with Crippen molar-refractivity contribution in [3.63, 3.8) is 0 Å². The Balaban J connectivity index is 2.11. The van der Waals surface area contributed by atoms with Crippen LogP contribution in [0, 0.1) is 11.8 Å². The lowest BCUT2D eigenvalue weighted by Gasteiger charge is -2.19. The monoisotopic (exact) mass is 280 g/mol. The van der Waals surface area contributed by atoms with Gasteiger partial charge in [0.1, 0.15) is 0 Å². The summed E-state index contributed by atoms with van der Waals surface area (Å²) in [5.41, 5.74) is 0. The third-order valence-corrected chi connectivity index (χ3v) is 4.19. The number of aliphatic hydroxyl groups is 2. The van der Waals surface area contributed by atoms with Crippen LogP contribution in [0.15, 0.2) is 24.3 Å². The van der Waals surface area contributed by atoms with E-state index in [9.17, 15) is 15.0 Å². The Kier molecular flexibility index (Phi) is 5.38. The van der Waals surface area contributed by atoms with Crippen LogP contribution in [0.4, 0.5) is 0 Å². The summed E-state index contributed by atoms with van der Waals surface area (Å²) < 4.78 is 5.23. The fourth-order valence-electron chi connectivity index (χ4n) is 3.10. The Morgan fingerprint density at radius 3 is 2.85 bits per heavy atom. The van der Waals surface area contributed by atoms with Gasteiger partial charge in [0.05, 0.1) is 18.3 Å². The Morgan fingerprint density at radius 1 is 1.25 bits per heavy atom. The lowest BCUT2D eigenvalue weighted by molar-refractivity contribution is -0.142. The van der Waals surface area contributed by atoms with Gasteiger partial charge in [0.15, 0.2) is 0 Å². The molecule has 1 saturated carbocycles. The largest absolute Gasteiger partial charge is 0.460 e. The summed E-state index contributed by atoms with van der Waals surface area (Å²) in [6, 6.07) is 0. The van der Waals surface area contributed by atoms with Crippen molar-refractivity contribution >= 4 is 5.97 Å². The molecule has 2 N–H and O–H groups in total. The van der Waals surface area contributed by atoms with Crippen LogP contribution in [-0.2, 0) is 9.53 Å². The van der Waals surface area contributed by atoms with E-state index in [4.69, 9.17) is 4.74 Å². The first-order valence-electron chi connectivity index (χ1n) is 7.48. The van der Waals surface area contributed by atoms with E-state index in [1.807, 2.05) is 6.92 Å². The molecule has 1 heterocycles. The van der Waals surface area contributed by atoms with Crippen molar-refractivity contribution in [3.05, 3.63) is 24.3 Å². The molecule has 2 rings (SSSR count). The fraction of sp³-hybridized carbons (Fsp3) is 0.688. The van der Waals surface area contributed by atoms with Gasteiger partial charge in [-0.3, -0.25) is 0 Å². The number of hydrogen-bond donors (Lipinski definition) is 2. The van der Waals surface area contributed by atoms with E-state index in [1.165, 1.54) is 12.2 Å². The molecule has 2 aliphatic rings. The van der Waals surface area contributed by atoms with Crippen molar-refractivity contribution in [3.8, 4) is 0 Å². The zero-order valence-corrected chi connectivity index (χ0v) is 11.9. The van der Waals surface area contributed by atoms with Gasteiger partial charge < -0.3 is 14.9 Å². The van der Waals surface area contributed by atoms with Crippen LogP contribution >= 0.6 is 0 Å². The molecule has 1 aliphatic heterocycles. The molecule has 0 radical (unpaired) electrons. The van der Waals surface area contributed by atoms with Crippen LogP contribution in [0.5, 0.6) is 0 Å². The molecule has 0 bridgehead atoms. The minimum absolute atomic E-state index is 0.0246. The number of cyclic esters (lactones) is 1. The molecule has 0 aromatic heterocycles. The maximum atomic E-state index is 11.6. The second kappa shape index (κ2) is 7.04. The quantitative estimate of drug-likeness (QED) is 0.526. The fourth-order valence-corrected chi connectivity index (χ4v) is 3.10. The molecular weight excluding hydrogens is 256 g/mol. The van der Waals surface area contributed by atoms with Gasteiger partial charge in [-0.25, -0.2) is 4.79 Å². The number of fused-ring (bicyclic) bond motifs is 1. The molecule has 5 atom stereocenters. The van der Waals surface area contributed by atoms with Gasteiger partial charge in [-0.15, -0.1) is 0 Å². The highest BCUT2D eigenvalue weighted by Gasteiger charge is 2.35. The molecule has 20 heavy (non-hydrogen) atoms. The van der Waals surface area contributed by atoms with E-state index in [2.05, 4.69) is 12.2 Å². The van der Waals surface area contributed by atoms with Crippen LogP contribution in [0.3, 0.4) is 0 Å². The van der Waals surface area contributed by atoms with E-state index < -0.39 is 12.1 Å². The van der Waals surface area contributed by atoms with Crippen molar-refractivity contribution in [2.75, 3.05) is 0 Å². The molecule has 0 amide bonds. The molecule has 0 unspecified atom stereocenters. The van der Waals surface area contributed by atoms with Gasteiger partial charge in [-0.1, -0.05) is 12.2 Å². The molecule has 0 aromatic rings. The van der Waals surface area contributed by atoms with Crippen LogP contribution < -0.4 is 0 Å². The number of hydrogen-bond acceptors (Lipinski definition) is 4. The van der Waals surface area contributed by atoms with E-state index in [1.54, 1.807) is 0 Å². The highest BCUT2D eigenvalue weighted by Crippen LogP contribution is 2.36. The summed E-state index contributed by atoms with van der Waals surface area (Å²) in [6.07, 6.45) is 9.87. The first-order valence-corrected chi connectivity index (χ1v) is 7.48. The Hall–Kier alpha value is -1.13. The summed E-state index contributed by atoms with van der Waals surface area (Å²) >= 11 is 0. The standard InChI is InChI=1S/C16H24O4/c1-11-5-3-2-4-6-12-9-13(17)10-14(12)15(18)7-8-16(19)20-11/h4,6-8,11-15,17-18H,2-3,5,9-10H2,1H3/b6-4+,8-7-/t11-,12+,13+,14+,15-/m1/s1. The molecule has 0 spiro atoms. The predicted octanol–water partition coefficient (Wildman–Crippen LogP) is 1.96. The summed E-state index contributed by atoms with van der Waals surface area (Å²) in [7, 11) is 0. The topological polar surface area (TPSA) is 66.8 Å². The molecule has 4 heteroatoms. The van der Waals surface area contributed by atoms with E-state index in [0.717, 1.165) is 19.3 Å². The van der Waals surface area contributed by atoms with Crippen molar-refractivity contribution < 1.29 is 19.7 Å². The van der Waals surface area contributed by atoms with Crippen molar-refractivity contribution in [2.24, 2.45) is 11.8 Å². The molecule has 1 aliphatic carbocycles. The second-order valence-corrected chi connectivity index (χ2v) is 5.91. The third-order valence-electron chi connectivity index (χ3n) is 4.19. The van der Waals surface area contributed by atoms with Gasteiger partial charge in [0, 0.05) is 6.08 Å². The van der Waals surface area contributed by atoms with Crippen molar-refractivity contribution in [1.29, 1.82) is 0 Å². The maximum Gasteiger partial charge on any atom is 0.330 e. The smallest absolute Gasteiger partial charge is 0.330 e. The Morgan fingerprint density at radius 2 is 2.05 bits per heavy atom. The van der Waals surface area contributed by atoms with Crippen LogP contribution in [-0.4, -0.2) is 34.5 Å². The summed E-state index contributed by atoms with van der Waals surface area (Å²) in [5, 5.41) is 20.0. The summed E-state index contributed by atoms with van der Waals surface area (Å²) in [4.78, 5) is 11.6. The summed E-state index contributed by atoms with van der Waals surface area (Å²) in [6.45, 7) is 1.89. The van der Waals surface area contributed by atoms with Gasteiger partial charge >= 0.3 is 5.97 Å². The maximum absolute atomic E-state index is 11.6. The second-order valence-electron chi connectivity index (χ2n) is 5.91. The highest BCUT2D eigenvalue weighted by atomic mass is 16.5. The Labute approximate surface area is 120 Å². The minimum Gasteiger partial charge on any atom is -0.460 e. The van der Waals surface area contributed by atoms with E-state index in [-0.39, 0.29) is 24.0 Å². The van der Waals surface area contributed by atoms with Crippen LogP contribution in [0.25, 0.3) is 0 Å². The zero-order valence-electron chi connectivity index (χ0n) is 11.9. The number of ether oxygens (including phenoxy) is 1.